The zero-order valence-electron chi connectivity index (χ0n) is 10.4. The number of rotatable bonds is 4. The van der Waals surface area contributed by atoms with Crippen LogP contribution >= 0.6 is 0 Å². The first-order valence-electron chi connectivity index (χ1n) is 5.94. The molecule has 0 aromatic heterocycles. The monoisotopic (exact) mass is 243 g/mol. The minimum Gasteiger partial charge on any atom is -0.481 e. The number of piperidine rings is 1. The van der Waals surface area contributed by atoms with Crippen molar-refractivity contribution in [3.63, 3.8) is 0 Å². The molecule has 2 amide bonds. The summed E-state index contributed by atoms with van der Waals surface area (Å²) in [5.41, 5.74) is 0. The molecule has 1 saturated heterocycles. The van der Waals surface area contributed by atoms with Crippen molar-refractivity contribution in [3.05, 3.63) is 0 Å². The maximum atomic E-state index is 11.5. The van der Waals surface area contributed by atoms with Crippen LogP contribution in [-0.2, 0) is 4.79 Å². The van der Waals surface area contributed by atoms with Crippen LogP contribution < -0.4 is 10.6 Å². The summed E-state index contributed by atoms with van der Waals surface area (Å²) >= 11 is 0. The fourth-order valence-corrected chi connectivity index (χ4v) is 1.85. The van der Waals surface area contributed by atoms with E-state index in [1.54, 1.807) is 6.92 Å². The summed E-state index contributed by atoms with van der Waals surface area (Å²) < 4.78 is 0. The second-order valence-electron chi connectivity index (χ2n) is 4.70. The molecule has 1 aliphatic heterocycles. The molecule has 3 N–H and O–H groups in total. The summed E-state index contributed by atoms with van der Waals surface area (Å²) in [7, 11) is 2.03. The van der Waals surface area contributed by atoms with Crippen LogP contribution in [0.4, 0.5) is 4.79 Å². The first-order valence-corrected chi connectivity index (χ1v) is 5.94. The molecule has 1 fully saturated rings. The Morgan fingerprint density at radius 3 is 2.82 bits per heavy atom. The molecule has 1 aliphatic rings. The molecule has 0 aliphatic carbocycles. The predicted molar refractivity (Wildman–Crippen MR) is 63.9 cm³/mol. The second kappa shape index (κ2) is 6.44. The molecule has 0 aromatic rings. The lowest BCUT2D eigenvalue weighted by Gasteiger charge is -2.30. The topological polar surface area (TPSA) is 81.7 Å². The van der Waals surface area contributed by atoms with Crippen LogP contribution in [0.3, 0.4) is 0 Å². The summed E-state index contributed by atoms with van der Waals surface area (Å²) in [6, 6.07) is -0.118. The molecule has 0 bridgehead atoms. The van der Waals surface area contributed by atoms with E-state index >= 15 is 0 Å². The molecule has 6 nitrogen and oxygen atoms in total. The largest absolute Gasteiger partial charge is 0.481 e. The molecule has 1 heterocycles. The van der Waals surface area contributed by atoms with E-state index in [9.17, 15) is 9.59 Å². The molecule has 98 valence electrons. The maximum Gasteiger partial charge on any atom is 0.315 e. The normalized spacial score (nSPS) is 22.8. The van der Waals surface area contributed by atoms with Crippen LogP contribution in [-0.4, -0.2) is 54.7 Å². The number of aliphatic carboxylic acids is 1. The number of carboxylic acids is 1. The lowest BCUT2D eigenvalue weighted by Crippen LogP contribution is -2.50. The van der Waals surface area contributed by atoms with E-state index in [0.717, 1.165) is 25.9 Å². The number of amides is 2. The fourth-order valence-electron chi connectivity index (χ4n) is 1.85. The van der Waals surface area contributed by atoms with Crippen molar-refractivity contribution in [3.8, 4) is 0 Å². The summed E-state index contributed by atoms with van der Waals surface area (Å²) in [6.07, 6.45) is 2.05. The van der Waals surface area contributed by atoms with Crippen molar-refractivity contribution in [1.29, 1.82) is 0 Å². The van der Waals surface area contributed by atoms with Gasteiger partial charge in [-0.3, -0.25) is 4.79 Å². The molecule has 2 unspecified atom stereocenters. The van der Waals surface area contributed by atoms with Gasteiger partial charge in [0.15, 0.2) is 0 Å². The molecule has 0 aromatic carbocycles. The highest BCUT2D eigenvalue weighted by Crippen LogP contribution is 2.07. The minimum absolute atomic E-state index is 0.156. The molecule has 0 radical (unpaired) electrons. The van der Waals surface area contributed by atoms with Crippen LogP contribution in [0.1, 0.15) is 19.8 Å². The van der Waals surface area contributed by atoms with Crippen LogP contribution in [0, 0.1) is 5.92 Å². The fraction of sp³-hybridized carbons (Fsp3) is 0.818. The number of nitrogens with one attached hydrogen (secondary N) is 2. The second-order valence-corrected chi connectivity index (χ2v) is 4.70. The molecule has 6 heteroatoms. The van der Waals surface area contributed by atoms with Crippen LogP contribution in [0.2, 0.25) is 0 Å². The van der Waals surface area contributed by atoms with Gasteiger partial charge in [-0.1, -0.05) is 6.92 Å². The number of likely N-dealkylation sites (N-methyl/N-ethyl adjacent to an activating group) is 1. The third-order valence-corrected chi connectivity index (χ3v) is 2.95. The molecule has 0 saturated carbocycles. The van der Waals surface area contributed by atoms with Crippen molar-refractivity contribution in [2.24, 2.45) is 5.92 Å². The van der Waals surface area contributed by atoms with E-state index in [1.165, 1.54) is 0 Å². The van der Waals surface area contributed by atoms with Crippen LogP contribution in [0.5, 0.6) is 0 Å². The summed E-state index contributed by atoms with van der Waals surface area (Å²) in [4.78, 5) is 24.3. The standard InChI is InChI=1S/C11H21N3O3/c1-8(10(15)16)6-12-11(17)13-9-4-3-5-14(2)7-9/h8-9H,3-7H2,1-2H3,(H,15,16)(H2,12,13,17). The Bertz CT molecular complexity index is 283. The smallest absolute Gasteiger partial charge is 0.315 e. The van der Waals surface area contributed by atoms with E-state index in [1.807, 2.05) is 7.05 Å². The van der Waals surface area contributed by atoms with Crippen molar-refractivity contribution >= 4 is 12.0 Å². The average molecular weight is 243 g/mol. The molecule has 0 spiro atoms. The van der Waals surface area contributed by atoms with Gasteiger partial charge < -0.3 is 20.6 Å². The zero-order chi connectivity index (χ0) is 12.8. The van der Waals surface area contributed by atoms with Gasteiger partial charge in [-0.05, 0) is 26.4 Å². The Kier molecular flexibility index (Phi) is 5.21. The Balaban J connectivity index is 2.22. The van der Waals surface area contributed by atoms with Gasteiger partial charge in [0.1, 0.15) is 0 Å². The lowest BCUT2D eigenvalue weighted by atomic mass is 10.1. The number of carboxylic acid groups (broad SMARTS) is 1. The summed E-state index contributed by atoms with van der Waals surface area (Å²) in [6.45, 7) is 3.64. The van der Waals surface area contributed by atoms with E-state index in [0.29, 0.717) is 0 Å². The number of nitrogens with zero attached hydrogens (tertiary/aromatic N) is 1. The number of urea groups is 1. The lowest BCUT2D eigenvalue weighted by molar-refractivity contribution is -0.140. The molecule has 1 rings (SSSR count). The van der Waals surface area contributed by atoms with E-state index in [2.05, 4.69) is 15.5 Å². The average Bonchev–Trinajstić information content (AvgIpc) is 2.25. The number of carbonyl (C=O) groups is 2. The van der Waals surface area contributed by atoms with Crippen molar-refractivity contribution in [2.45, 2.75) is 25.8 Å². The summed E-state index contributed by atoms with van der Waals surface area (Å²) in [5.74, 6) is -1.46. The number of hydrogen-bond donors (Lipinski definition) is 3. The van der Waals surface area contributed by atoms with E-state index < -0.39 is 11.9 Å². The molecule has 2 atom stereocenters. The number of likely N-dealkylation sites (tertiary alicyclic amines) is 1. The minimum atomic E-state index is -0.900. The first kappa shape index (κ1) is 13.8. The van der Waals surface area contributed by atoms with Gasteiger partial charge in [-0.2, -0.15) is 0 Å². The van der Waals surface area contributed by atoms with Crippen LogP contribution in [0.15, 0.2) is 0 Å². The maximum absolute atomic E-state index is 11.5. The number of carbonyl (C=O) groups excluding carboxylic acids is 1. The highest BCUT2D eigenvalue weighted by Gasteiger charge is 2.19. The predicted octanol–water partition coefficient (Wildman–Crippen LogP) is 0.101. The molecule has 17 heavy (non-hydrogen) atoms. The number of hydrogen-bond acceptors (Lipinski definition) is 3. The van der Waals surface area contributed by atoms with E-state index in [4.69, 9.17) is 5.11 Å². The third-order valence-electron chi connectivity index (χ3n) is 2.95. The quantitative estimate of drug-likeness (QED) is 0.654. The molecular formula is C11H21N3O3. The Morgan fingerprint density at radius 2 is 2.24 bits per heavy atom. The Labute approximate surface area is 101 Å². The molecular weight excluding hydrogens is 222 g/mol. The Hall–Kier alpha value is -1.30. The highest BCUT2D eigenvalue weighted by molar-refractivity contribution is 5.75. The van der Waals surface area contributed by atoms with Crippen molar-refractivity contribution < 1.29 is 14.7 Å². The third kappa shape index (κ3) is 5.04. The van der Waals surface area contributed by atoms with Gasteiger partial charge in [0.2, 0.25) is 0 Å². The van der Waals surface area contributed by atoms with Gasteiger partial charge in [0, 0.05) is 19.1 Å². The summed E-state index contributed by atoms with van der Waals surface area (Å²) in [5, 5.41) is 14.1. The van der Waals surface area contributed by atoms with Gasteiger partial charge in [-0.25, -0.2) is 4.79 Å². The van der Waals surface area contributed by atoms with Crippen molar-refractivity contribution in [2.75, 3.05) is 26.7 Å². The SMILES string of the molecule is CC(CNC(=O)NC1CCCN(C)C1)C(=O)O. The van der Waals surface area contributed by atoms with E-state index in [-0.39, 0.29) is 18.6 Å². The van der Waals surface area contributed by atoms with Crippen LogP contribution in [0.25, 0.3) is 0 Å². The Morgan fingerprint density at radius 1 is 1.53 bits per heavy atom. The van der Waals surface area contributed by atoms with Gasteiger partial charge in [-0.15, -0.1) is 0 Å². The van der Waals surface area contributed by atoms with Gasteiger partial charge in [0.25, 0.3) is 0 Å². The zero-order valence-corrected chi connectivity index (χ0v) is 10.4. The van der Waals surface area contributed by atoms with Crippen molar-refractivity contribution in [1.82, 2.24) is 15.5 Å². The highest BCUT2D eigenvalue weighted by atomic mass is 16.4. The first-order chi connectivity index (χ1) is 7.99. The van der Waals surface area contributed by atoms with Gasteiger partial charge >= 0.3 is 12.0 Å². The van der Waals surface area contributed by atoms with Gasteiger partial charge in [0.05, 0.1) is 5.92 Å².